The first-order valence-electron chi connectivity index (χ1n) is 13.9. The van der Waals surface area contributed by atoms with Gasteiger partial charge in [0.2, 0.25) is 23.5 Å². The Hall–Kier alpha value is -2.70. The Bertz CT molecular complexity index is 1080. The number of nitrogens with zero attached hydrogens (tertiary/aromatic N) is 4. The lowest BCUT2D eigenvalue weighted by molar-refractivity contribution is -0.160. The van der Waals surface area contributed by atoms with Gasteiger partial charge in [0.05, 0.1) is 5.41 Å². The summed E-state index contributed by atoms with van der Waals surface area (Å²) in [6.45, 7) is 6.88. The highest BCUT2D eigenvalue weighted by Crippen LogP contribution is 2.60. The first kappa shape index (κ1) is 23.7. The van der Waals surface area contributed by atoms with E-state index in [1.165, 1.54) is 24.8 Å². The van der Waals surface area contributed by atoms with E-state index in [-0.39, 0.29) is 11.3 Å². The quantitative estimate of drug-likeness (QED) is 0.587. The Balaban J connectivity index is 0.995. The van der Waals surface area contributed by atoms with Crippen molar-refractivity contribution in [2.24, 2.45) is 23.2 Å². The van der Waals surface area contributed by atoms with Gasteiger partial charge in [0.15, 0.2) is 0 Å². The van der Waals surface area contributed by atoms with Crippen LogP contribution >= 0.6 is 0 Å². The molecule has 4 aliphatic carbocycles. The second-order valence-corrected chi connectivity index (χ2v) is 12.2. The first-order valence-corrected chi connectivity index (χ1v) is 13.9. The van der Waals surface area contributed by atoms with Crippen molar-refractivity contribution in [3.05, 3.63) is 35.7 Å². The van der Waals surface area contributed by atoms with Crippen molar-refractivity contribution in [2.45, 2.75) is 71.1 Å². The molecule has 1 aromatic heterocycles. The van der Waals surface area contributed by atoms with Crippen molar-refractivity contribution < 1.29 is 14.1 Å². The molecule has 4 bridgehead atoms. The number of piperazine rings is 1. The van der Waals surface area contributed by atoms with Crippen LogP contribution < -0.4 is 0 Å². The van der Waals surface area contributed by atoms with E-state index in [0.29, 0.717) is 62.6 Å². The highest BCUT2D eigenvalue weighted by molar-refractivity contribution is 5.84. The highest BCUT2D eigenvalue weighted by Gasteiger charge is 2.55. The summed E-state index contributed by atoms with van der Waals surface area (Å²) in [6.07, 6.45) is 8.13. The van der Waals surface area contributed by atoms with Crippen LogP contribution in [0.4, 0.5) is 0 Å². The summed E-state index contributed by atoms with van der Waals surface area (Å²) in [7, 11) is 0. The van der Waals surface area contributed by atoms with E-state index in [4.69, 9.17) is 4.52 Å². The minimum absolute atomic E-state index is 0.0916. The third-order valence-electron chi connectivity index (χ3n) is 9.27. The van der Waals surface area contributed by atoms with Gasteiger partial charge in [-0.2, -0.15) is 4.98 Å². The van der Waals surface area contributed by atoms with Crippen LogP contribution in [0.1, 0.15) is 76.2 Å². The topological polar surface area (TPSA) is 79.5 Å². The van der Waals surface area contributed by atoms with Gasteiger partial charge in [-0.25, -0.2) is 0 Å². The number of aryl methyl sites for hydroxylation is 1. The monoisotopic (exact) mass is 490 g/mol. The third kappa shape index (κ3) is 4.46. The fourth-order valence-corrected chi connectivity index (χ4v) is 7.73. The molecule has 7 rings (SSSR count). The molecule has 1 aliphatic heterocycles. The zero-order chi connectivity index (χ0) is 24.9. The van der Waals surface area contributed by atoms with Crippen LogP contribution in [0.2, 0.25) is 0 Å². The van der Waals surface area contributed by atoms with Gasteiger partial charge in [0, 0.05) is 44.6 Å². The fourth-order valence-electron chi connectivity index (χ4n) is 7.73. The number of hydrogen-bond acceptors (Lipinski definition) is 5. The van der Waals surface area contributed by atoms with Crippen molar-refractivity contribution in [3.63, 3.8) is 0 Å². The summed E-state index contributed by atoms with van der Waals surface area (Å²) in [5.74, 6) is 4.31. The zero-order valence-electron chi connectivity index (χ0n) is 21.6. The van der Waals surface area contributed by atoms with Gasteiger partial charge in [-0.1, -0.05) is 43.3 Å². The molecule has 0 atom stereocenters. The van der Waals surface area contributed by atoms with Crippen molar-refractivity contribution in [1.82, 2.24) is 19.9 Å². The van der Waals surface area contributed by atoms with Crippen molar-refractivity contribution in [3.8, 4) is 11.4 Å². The van der Waals surface area contributed by atoms with Crippen molar-refractivity contribution >= 4 is 11.8 Å². The number of carbonyl (C=O) groups excluding carboxylic acids is 2. The molecule has 0 spiro atoms. The maximum absolute atomic E-state index is 13.6. The van der Waals surface area contributed by atoms with Gasteiger partial charge in [0.1, 0.15) is 0 Å². The number of benzene rings is 1. The van der Waals surface area contributed by atoms with Gasteiger partial charge in [0.25, 0.3) is 0 Å². The predicted molar refractivity (Wildman–Crippen MR) is 136 cm³/mol. The second-order valence-electron chi connectivity index (χ2n) is 12.2. The first-order chi connectivity index (χ1) is 17.4. The number of hydrogen-bond donors (Lipinski definition) is 0. The Morgan fingerprint density at radius 2 is 1.53 bits per heavy atom. The van der Waals surface area contributed by atoms with Crippen LogP contribution in [0.15, 0.2) is 28.8 Å². The van der Waals surface area contributed by atoms with E-state index in [1.807, 2.05) is 17.0 Å². The van der Waals surface area contributed by atoms with E-state index in [2.05, 4.69) is 41.0 Å². The van der Waals surface area contributed by atoms with E-state index < -0.39 is 0 Å². The van der Waals surface area contributed by atoms with Crippen LogP contribution in [0.25, 0.3) is 11.4 Å². The van der Waals surface area contributed by atoms with Crippen LogP contribution in [-0.4, -0.2) is 57.9 Å². The molecule has 0 unspecified atom stereocenters. The predicted octanol–water partition coefficient (Wildman–Crippen LogP) is 4.68. The van der Waals surface area contributed by atoms with Gasteiger partial charge in [-0.05, 0) is 67.8 Å². The second kappa shape index (κ2) is 9.31. The Kier molecular flexibility index (Phi) is 6.12. The zero-order valence-corrected chi connectivity index (χ0v) is 21.6. The van der Waals surface area contributed by atoms with Crippen LogP contribution in [0.5, 0.6) is 0 Å². The molecule has 5 aliphatic rings. The van der Waals surface area contributed by atoms with Gasteiger partial charge in [-0.3, -0.25) is 9.59 Å². The number of aromatic nitrogens is 2. The molecule has 0 radical (unpaired) electrons. The molecule has 36 heavy (non-hydrogen) atoms. The maximum atomic E-state index is 13.6. The summed E-state index contributed by atoms with van der Waals surface area (Å²) >= 11 is 0. The summed E-state index contributed by atoms with van der Waals surface area (Å²) in [6, 6.07) is 8.21. The normalized spacial score (nSPS) is 29.2. The molecule has 4 saturated carbocycles. The lowest BCUT2D eigenvalue weighted by Gasteiger charge is -2.57. The number of rotatable bonds is 6. The van der Waals surface area contributed by atoms with Gasteiger partial charge >= 0.3 is 0 Å². The molecule has 1 aromatic carbocycles. The maximum Gasteiger partial charge on any atom is 0.228 e. The Morgan fingerprint density at radius 1 is 0.944 bits per heavy atom. The smallest absolute Gasteiger partial charge is 0.228 e. The van der Waals surface area contributed by atoms with E-state index in [0.717, 1.165) is 42.6 Å². The molecule has 192 valence electrons. The molecule has 5 fully saturated rings. The lowest BCUT2D eigenvalue weighted by atomic mass is 9.49. The summed E-state index contributed by atoms with van der Waals surface area (Å²) in [4.78, 5) is 34.9. The third-order valence-corrected chi connectivity index (χ3v) is 9.27. The lowest BCUT2D eigenvalue weighted by Crippen LogP contribution is -2.58. The molecular weight excluding hydrogens is 452 g/mol. The van der Waals surface area contributed by atoms with Crippen LogP contribution in [-0.2, 0) is 16.0 Å². The van der Waals surface area contributed by atoms with E-state index in [1.54, 1.807) is 0 Å². The largest absolute Gasteiger partial charge is 0.339 e. The average Bonchev–Trinajstić information content (AvgIpc) is 3.35. The summed E-state index contributed by atoms with van der Waals surface area (Å²) in [5, 5.41) is 4.10. The SMILES string of the molecule is CC(C)c1ccc(-c2noc(CCC(=O)N3CCN(C(=O)C45CC6CC(CC(C6)C4)C5)CC3)n2)cc1. The van der Waals surface area contributed by atoms with Gasteiger partial charge in [-0.15, -0.1) is 0 Å². The number of carbonyl (C=O) groups is 2. The molecule has 2 amide bonds. The highest BCUT2D eigenvalue weighted by atomic mass is 16.5. The number of amides is 2. The molecule has 1 saturated heterocycles. The van der Waals surface area contributed by atoms with Crippen LogP contribution in [0, 0.1) is 23.2 Å². The van der Waals surface area contributed by atoms with E-state index in [9.17, 15) is 9.59 Å². The molecule has 7 nitrogen and oxygen atoms in total. The summed E-state index contributed by atoms with van der Waals surface area (Å²) < 4.78 is 5.42. The molecule has 7 heteroatoms. The van der Waals surface area contributed by atoms with Crippen LogP contribution in [0.3, 0.4) is 0 Å². The van der Waals surface area contributed by atoms with Crippen molar-refractivity contribution in [2.75, 3.05) is 26.2 Å². The molecular formula is C29H38N4O3. The minimum Gasteiger partial charge on any atom is -0.339 e. The van der Waals surface area contributed by atoms with E-state index >= 15 is 0 Å². The molecule has 2 heterocycles. The Morgan fingerprint density at radius 3 is 2.11 bits per heavy atom. The standard InChI is InChI=1S/C29H38N4O3/c1-19(2)23-3-5-24(6-4-23)27-30-25(36-31-27)7-8-26(34)32-9-11-33(12-10-32)28(35)29-16-20-13-21(17-29)15-22(14-20)18-29/h3-6,19-22H,7-18H2,1-2H3. The minimum atomic E-state index is -0.0916. The summed E-state index contributed by atoms with van der Waals surface area (Å²) in [5.41, 5.74) is 2.10. The molecule has 0 N–H and O–H groups in total. The fraction of sp³-hybridized carbons (Fsp3) is 0.655. The van der Waals surface area contributed by atoms with Gasteiger partial charge < -0.3 is 14.3 Å². The molecule has 2 aromatic rings. The van der Waals surface area contributed by atoms with Crippen molar-refractivity contribution in [1.29, 1.82) is 0 Å². The Labute approximate surface area is 213 Å². The average molecular weight is 491 g/mol.